The molecule has 5 heteroatoms. The van der Waals surface area contributed by atoms with Gasteiger partial charge in [-0.15, -0.1) is 0 Å². The number of fused-ring (bicyclic) bond motifs is 3. The van der Waals surface area contributed by atoms with Gasteiger partial charge in [-0.05, 0) is 53.9 Å². The number of benzene rings is 3. The molecule has 0 aliphatic carbocycles. The van der Waals surface area contributed by atoms with E-state index in [0.29, 0.717) is 12.1 Å². The van der Waals surface area contributed by atoms with Crippen LogP contribution >= 0.6 is 15.9 Å². The molecule has 5 rings (SSSR count). The molecular formula is C25H21BrN2O2. The van der Waals surface area contributed by atoms with Crippen molar-refractivity contribution in [2.75, 3.05) is 13.7 Å². The fourth-order valence-corrected chi connectivity index (χ4v) is 4.78. The number of nitrogens with one attached hydrogen (secondary N) is 1. The Labute approximate surface area is 183 Å². The zero-order valence-corrected chi connectivity index (χ0v) is 18.1. The van der Waals surface area contributed by atoms with Gasteiger partial charge in [0.15, 0.2) is 0 Å². The molecule has 1 N–H and O–H groups in total. The molecule has 0 saturated carbocycles. The molecule has 1 aromatic heterocycles. The summed E-state index contributed by atoms with van der Waals surface area (Å²) >= 11 is 3.49. The maximum Gasteiger partial charge on any atom is 0.254 e. The number of hydrogen-bond acceptors (Lipinski definition) is 2. The first-order valence-electron chi connectivity index (χ1n) is 9.95. The number of ether oxygens (including phenoxy) is 1. The summed E-state index contributed by atoms with van der Waals surface area (Å²) in [6.07, 6.45) is 0.825. The first-order chi connectivity index (χ1) is 14.7. The lowest BCUT2D eigenvalue weighted by molar-refractivity contribution is 0.0692. The Morgan fingerprint density at radius 2 is 1.87 bits per heavy atom. The zero-order valence-electron chi connectivity index (χ0n) is 16.6. The quantitative estimate of drug-likeness (QED) is 0.424. The van der Waals surface area contributed by atoms with Crippen LogP contribution in [0.4, 0.5) is 0 Å². The van der Waals surface area contributed by atoms with E-state index < -0.39 is 0 Å². The van der Waals surface area contributed by atoms with Gasteiger partial charge in [-0.25, -0.2) is 0 Å². The van der Waals surface area contributed by atoms with Gasteiger partial charge in [-0.2, -0.15) is 0 Å². The summed E-state index contributed by atoms with van der Waals surface area (Å²) in [5, 5.41) is 1.24. The molecule has 150 valence electrons. The van der Waals surface area contributed by atoms with Crippen LogP contribution in [0, 0.1) is 0 Å². The number of methoxy groups -OCH3 is 1. The summed E-state index contributed by atoms with van der Waals surface area (Å²) in [6, 6.07) is 23.8. The molecule has 0 unspecified atom stereocenters. The Balaban J connectivity index is 1.65. The lowest BCUT2D eigenvalue weighted by atomic mass is 9.91. The van der Waals surface area contributed by atoms with Crippen molar-refractivity contribution in [2.45, 2.75) is 12.5 Å². The third kappa shape index (κ3) is 3.19. The number of H-pyrrole nitrogens is 1. The van der Waals surface area contributed by atoms with Crippen LogP contribution in [0.15, 0.2) is 77.3 Å². The Hall–Kier alpha value is -3.05. The molecular weight excluding hydrogens is 440 g/mol. The molecule has 0 bridgehead atoms. The van der Waals surface area contributed by atoms with Gasteiger partial charge in [-0.1, -0.05) is 52.3 Å². The first kappa shape index (κ1) is 18.9. The number of halogens is 1. The van der Waals surface area contributed by atoms with Gasteiger partial charge in [0, 0.05) is 33.2 Å². The molecule has 0 spiro atoms. The van der Waals surface area contributed by atoms with E-state index in [1.807, 2.05) is 59.5 Å². The van der Waals surface area contributed by atoms with Gasteiger partial charge >= 0.3 is 0 Å². The molecule has 0 saturated heterocycles. The highest BCUT2D eigenvalue weighted by Gasteiger charge is 2.35. The van der Waals surface area contributed by atoms with Gasteiger partial charge in [0.05, 0.1) is 13.2 Å². The number of amides is 1. The molecule has 1 aliphatic rings. The second kappa shape index (κ2) is 7.65. The van der Waals surface area contributed by atoms with Crippen molar-refractivity contribution < 1.29 is 9.53 Å². The SMILES string of the molecule is COc1ccc([C@@H]2c3[nH]c4ccccc4c3CCN2C(=O)c2cccc(Br)c2)cc1. The summed E-state index contributed by atoms with van der Waals surface area (Å²) in [4.78, 5) is 19.1. The predicted molar refractivity (Wildman–Crippen MR) is 122 cm³/mol. The summed E-state index contributed by atoms with van der Waals surface area (Å²) in [5.41, 5.74) is 5.24. The summed E-state index contributed by atoms with van der Waals surface area (Å²) in [5.74, 6) is 0.831. The van der Waals surface area contributed by atoms with Crippen molar-refractivity contribution in [3.05, 3.63) is 99.7 Å². The van der Waals surface area contributed by atoms with Crippen LogP contribution in [0.1, 0.15) is 33.2 Å². The Morgan fingerprint density at radius 3 is 2.63 bits per heavy atom. The maximum atomic E-state index is 13.6. The van der Waals surface area contributed by atoms with Gasteiger partial charge in [-0.3, -0.25) is 4.79 Å². The normalized spacial score (nSPS) is 15.8. The fourth-order valence-electron chi connectivity index (χ4n) is 4.38. The number of para-hydroxylation sites is 1. The molecule has 4 aromatic rings. The molecule has 30 heavy (non-hydrogen) atoms. The highest BCUT2D eigenvalue weighted by molar-refractivity contribution is 9.10. The minimum Gasteiger partial charge on any atom is -0.497 e. The molecule has 3 aromatic carbocycles. The van der Waals surface area contributed by atoms with E-state index in [9.17, 15) is 4.79 Å². The number of carbonyl (C=O) groups excluding carboxylic acids is 1. The van der Waals surface area contributed by atoms with Gasteiger partial charge in [0.1, 0.15) is 5.75 Å². The molecule has 1 aliphatic heterocycles. The summed E-state index contributed by atoms with van der Waals surface area (Å²) in [6.45, 7) is 0.664. The largest absolute Gasteiger partial charge is 0.497 e. The number of hydrogen-bond donors (Lipinski definition) is 1. The van der Waals surface area contributed by atoms with Crippen LogP contribution in [-0.4, -0.2) is 29.4 Å². The van der Waals surface area contributed by atoms with Crippen molar-refractivity contribution in [2.24, 2.45) is 0 Å². The molecule has 0 radical (unpaired) electrons. The van der Waals surface area contributed by atoms with E-state index in [0.717, 1.165) is 33.4 Å². The van der Waals surface area contributed by atoms with Crippen LogP contribution in [0.3, 0.4) is 0 Å². The number of aromatic nitrogens is 1. The third-order valence-electron chi connectivity index (χ3n) is 5.80. The van der Waals surface area contributed by atoms with Crippen molar-refractivity contribution in [3.8, 4) is 5.75 Å². The standard InChI is InChI=1S/C25H21BrN2O2/c1-30-19-11-9-16(10-12-19)24-23-21(20-7-2-3-8-22(20)27-23)13-14-28(24)25(29)17-5-4-6-18(26)15-17/h2-12,15,24,27H,13-14H2,1H3/t24-/m1/s1. The van der Waals surface area contributed by atoms with Crippen molar-refractivity contribution in [1.82, 2.24) is 9.88 Å². The average Bonchev–Trinajstić information content (AvgIpc) is 3.17. The van der Waals surface area contributed by atoms with E-state index in [1.54, 1.807) is 7.11 Å². The number of aromatic amines is 1. The minimum absolute atomic E-state index is 0.0291. The van der Waals surface area contributed by atoms with Crippen molar-refractivity contribution >= 4 is 32.7 Å². The monoisotopic (exact) mass is 460 g/mol. The van der Waals surface area contributed by atoms with Crippen LogP contribution in [0.5, 0.6) is 5.75 Å². The van der Waals surface area contributed by atoms with Crippen LogP contribution in [0.2, 0.25) is 0 Å². The van der Waals surface area contributed by atoms with E-state index in [-0.39, 0.29) is 11.9 Å². The highest BCUT2D eigenvalue weighted by Crippen LogP contribution is 2.39. The molecule has 1 amide bonds. The van der Waals surface area contributed by atoms with Crippen molar-refractivity contribution in [1.29, 1.82) is 0 Å². The van der Waals surface area contributed by atoms with E-state index in [1.165, 1.54) is 10.9 Å². The summed E-state index contributed by atoms with van der Waals surface area (Å²) < 4.78 is 6.24. The fraction of sp³-hybridized carbons (Fsp3) is 0.160. The topological polar surface area (TPSA) is 45.3 Å². The minimum atomic E-state index is -0.182. The van der Waals surface area contributed by atoms with Crippen LogP contribution in [-0.2, 0) is 6.42 Å². The van der Waals surface area contributed by atoms with Crippen LogP contribution in [0.25, 0.3) is 10.9 Å². The van der Waals surface area contributed by atoms with Crippen LogP contribution < -0.4 is 4.74 Å². The molecule has 0 fully saturated rings. The van der Waals surface area contributed by atoms with Crippen molar-refractivity contribution in [3.63, 3.8) is 0 Å². The lowest BCUT2D eigenvalue weighted by Crippen LogP contribution is -2.40. The number of nitrogens with zero attached hydrogens (tertiary/aromatic N) is 1. The van der Waals surface area contributed by atoms with E-state index in [4.69, 9.17) is 4.74 Å². The molecule has 4 nitrogen and oxygen atoms in total. The van der Waals surface area contributed by atoms with E-state index >= 15 is 0 Å². The number of carbonyl (C=O) groups is 1. The second-order valence-corrected chi connectivity index (χ2v) is 8.41. The highest BCUT2D eigenvalue weighted by atomic mass is 79.9. The Bertz CT molecular complexity index is 1230. The predicted octanol–water partition coefficient (Wildman–Crippen LogP) is 5.73. The zero-order chi connectivity index (χ0) is 20.7. The lowest BCUT2D eigenvalue weighted by Gasteiger charge is -2.36. The summed E-state index contributed by atoms with van der Waals surface area (Å²) in [7, 11) is 1.66. The maximum absolute atomic E-state index is 13.6. The Kier molecular flexibility index (Phi) is 4.83. The first-order valence-corrected chi connectivity index (χ1v) is 10.7. The smallest absolute Gasteiger partial charge is 0.254 e. The average molecular weight is 461 g/mol. The van der Waals surface area contributed by atoms with Gasteiger partial charge in [0.2, 0.25) is 0 Å². The number of rotatable bonds is 3. The second-order valence-electron chi connectivity index (χ2n) is 7.50. The molecule has 2 heterocycles. The third-order valence-corrected chi connectivity index (χ3v) is 6.29. The van der Waals surface area contributed by atoms with Gasteiger partial charge in [0.25, 0.3) is 5.91 Å². The van der Waals surface area contributed by atoms with Gasteiger partial charge < -0.3 is 14.6 Å². The molecule has 1 atom stereocenters. The Morgan fingerprint density at radius 1 is 1.07 bits per heavy atom. The van der Waals surface area contributed by atoms with E-state index in [2.05, 4.69) is 39.1 Å².